The smallest absolute Gasteiger partial charge is 0.407 e. The van der Waals surface area contributed by atoms with E-state index in [0.29, 0.717) is 20.6 Å². The number of hydrogen-bond donors (Lipinski definition) is 2. The van der Waals surface area contributed by atoms with Gasteiger partial charge >= 0.3 is 6.09 Å². The molecule has 1 fully saturated rings. The number of nitrogens with one attached hydrogen (secondary N) is 1. The SMILES string of the molecule is O=C(NC1CN(C(=O)O)CC1c1ccc(Cl)c(Cl)c1)c1ccc(Cl)cc1. The number of amides is 2. The highest BCUT2D eigenvalue weighted by atomic mass is 35.5. The number of likely N-dealkylation sites (tertiary alicyclic amines) is 1. The standard InChI is InChI=1S/C18H15Cl3N2O3/c19-12-4-1-10(2-5-12)17(24)22-16-9-23(18(25)26)8-13(16)11-3-6-14(20)15(21)7-11/h1-7,13,16H,8-9H2,(H,22,24)(H,25,26). The topological polar surface area (TPSA) is 69.6 Å². The number of hydrogen-bond acceptors (Lipinski definition) is 2. The number of rotatable bonds is 3. The van der Waals surface area contributed by atoms with E-state index in [-0.39, 0.29) is 31.0 Å². The molecule has 0 aliphatic carbocycles. The normalized spacial score (nSPS) is 19.4. The van der Waals surface area contributed by atoms with Crippen molar-refractivity contribution in [1.82, 2.24) is 10.2 Å². The third-order valence-corrected chi connectivity index (χ3v) is 5.38. The highest BCUT2D eigenvalue weighted by Crippen LogP contribution is 2.32. The summed E-state index contributed by atoms with van der Waals surface area (Å²) >= 11 is 17.9. The molecule has 1 saturated heterocycles. The van der Waals surface area contributed by atoms with Crippen LogP contribution in [0.4, 0.5) is 4.79 Å². The minimum absolute atomic E-state index is 0.194. The fourth-order valence-electron chi connectivity index (χ4n) is 3.04. The van der Waals surface area contributed by atoms with Gasteiger partial charge in [0.15, 0.2) is 0 Å². The molecule has 3 rings (SSSR count). The first-order chi connectivity index (χ1) is 12.3. The van der Waals surface area contributed by atoms with Crippen molar-refractivity contribution in [2.24, 2.45) is 0 Å². The molecule has 1 aliphatic heterocycles. The van der Waals surface area contributed by atoms with Crippen molar-refractivity contribution in [3.63, 3.8) is 0 Å². The predicted octanol–water partition coefficient (Wildman–Crippen LogP) is 4.52. The van der Waals surface area contributed by atoms with Crippen molar-refractivity contribution in [1.29, 1.82) is 0 Å². The zero-order valence-electron chi connectivity index (χ0n) is 13.5. The van der Waals surface area contributed by atoms with E-state index in [1.165, 1.54) is 4.90 Å². The van der Waals surface area contributed by atoms with Crippen LogP contribution >= 0.6 is 34.8 Å². The van der Waals surface area contributed by atoms with E-state index in [1.54, 1.807) is 42.5 Å². The maximum atomic E-state index is 12.5. The van der Waals surface area contributed by atoms with Gasteiger partial charge in [0.1, 0.15) is 0 Å². The van der Waals surface area contributed by atoms with E-state index < -0.39 is 6.09 Å². The first kappa shape index (κ1) is 18.8. The van der Waals surface area contributed by atoms with E-state index in [9.17, 15) is 14.7 Å². The Labute approximate surface area is 165 Å². The van der Waals surface area contributed by atoms with Crippen LogP contribution in [0.1, 0.15) is 21.8 Å². The molecule has 1 aliphatic rings. The van der Waals surface area contributed by atoms with E-state index in [1.807, 2.05) is 0 Å². The molecule has 0 radical (unpaired) electrons. The van der Waals surface area contributed by atoms with Crippen LogP contribution in [-0.2, 0) is 0 Å². The second kappa shape index (κ2) is 7.74. The van der Waals surface area contributed by atoms with Gasteiger partial charge in [0.2, 0.25) is 0 Å². The highest BCUT2D eigenvalue weighted by molar-refractivity contribution is 6.42. The lowest BCUT2D eigenvalue weighted by atomic mass is 9.94. The summed E-state index contributed by atoms with van der Waals surface area (Å²) in [6, 6.07) is 11.3. The van der Waals surface area contributed by atoms with Crippen LogP contribution in [0.2, 0.25) is 15.1 Å². The Hall–Kier alpha value is -1.95. The van der Waals surface area contributed by atoms with Gasteiger partial charge in [-0.2, -0.15) is 0 Å². The number of carbonyl (C=O) groups is 2. The van der Waals surface area contributed by atoms with E-state index in [0.717, 1.165) is 5.56 Å². The van der Waals surface area contributed by atoms with Gasteiger partial charge in [-0.1, -0.05) is 40.9 Å². The molecule has 2 unspecified atom stereocenters. The predicted molar refractivity (Wildman–Crippen MR) is 102 cm³/mol. The van der Waals surface area contributed by atoms with Gasteiger partial charge < -0.3 is 15.3 Å². The Morgan fingerprint density at radius 1 is 1.00 bits per heavy atom. The van der Waals surface area contributed by atoms with Crippen molar-refractivity contribution < 1.29 is 14.7 Å². The summed E-state index contributed by atoms with van der Waals surface area (Å²) in [5.41, 5.74) is 1.28. The summed E-state index contributed by atoms with van der Waals surface area (Å²) in [5, 5.41) is 13.6. The molecule has 0 spiro atoms. The van der Waals surface area contributed by atoms with E-state index in [2.05, 4.69) is 5.32 Å². The van der Waals surface area contributed by atoms with E-state index in [4.69, 9.17) is 34.8 Å². The molecule has 2 aromatic carbocycles. The van der Waals surface area contributed by atoms with Gasteiger partial charge in [-0.15, -0.1) is 0 Å². The molecule has 2 aromatic rings. The molecule has 0 saturated carbocycles. The first-order valence-electron chi connectivity index (χ1n) is 7.84. The first-order valence-corrected chi connectivity index (χ1v) is 8.98. The van der Waals surface area contributed by atoms with Crippen molar-refractivity contribution in [2.45, 2.75) is 12.0 Å². The average Bonchev–Trinajstić information content (AvgIpc) is 3.02. The minimum atomic E-state index is -1.03. The van der Waals surface area contributed by atoms with Crippen LogP contribution < -0.4 is 5.32 Å². The zero-order valence-corrected chi connectivity index (χ0v) is 15.7. The maximum Gasteiger partial charge on any atom is 0.407 e. The molecule has 0 aromatic heterocycles. The molecule has 1 heterocycles. The highest BCUT2D eigenvalue weighted by Gasteiger charge is 2.37. The van der Waals surface area contributed by atoms with Crippen LogP contribution in [0.25, 0.3) is 0 Å². The van der Waals surface area contributed by atoms with Crippen LogP contribution in [0, 0.1) is 0 Å². The van der Waals surface area contributed by atoms with Gasteiger partial charge in [-0.25, -0.2) is 4.79 Å². The average molecular weight is 414 g/mol. The molecule has 136 valence electrons. The Balaban J connectivity index is 1.84. The van der Waals surface area contributed by atoms with Crippen LogP contribution in [0.5, 0.6) is 0 Å². The Morgan fingerprint density at radius 2 is 1.69 bits per heavy atom. The molecule has 0 bridgehead atoms. The largest absolute Gasteiger partial charge is 0.465 e. The second-order valence-corrected chi connectivity index (χ2v) is 7.31. The van der Waals surface area contributed by atoms with Gasteiger partial charge in [-0.3, -0.25) is 4.79 Å². The summed E-state index contributed by atoms with van der Waals surface area (Å²) in [7, 11) is 0. The molecule has 5 nitrogen and oxygen atoms in total. The lowest BCUT2D eigenvalue weighted by molar-refractivity contribution is 0.0933. The maximum absolute atomic E-state index is 12.5. The third-order valence-electron chi connectivity index (χ3n) is 4.39. The van der Waals surface area contributed by atoms with E-state index >= 15 is 0 Å². The van der Waals surface area contributed by atoms with Gasteiger partial charge in [-0.05, 0) is 42.0 Å². The molecule has 8 heteroatoms. The van der Waals surface area contributed by atoms with Gasteiger partial charge in [0, 0.05) is 29.6 Å². The van der Waals surface area contributed by atoms with Crippen molar-refractivity contribution in [2.75, 3.05) is 13.1 Å². The second-order valence-electron chi connectivity index (χ2n) is 6.05. The zero-order chi connectivity index (χ0) is 18.8. The fourth-order valence-corrected chi connectivity index (χ4v) is 3.47. The number of benzene rings is 2. The van der Waals surface area contributed by atoms with Crippen LogP contribution in [-0.4, -0.2) is 41.1 Å². The summed E-state index contributed by atoms with van der Waals surface area (Å²) in [5.74, 6) is -0.513. The summed E-state index contributed by atoms with van der Waals surface area (Å²) in [6.07, 6.45) is -1.03. The van der Waals surface area contributed by atoms with Crippen LogP contribution in [0.15, 0.2) is 42.5 Å². The minimum Gasteiger partial charge on any atom is -0.465 e. The summed E-state index contributed by atoms with van der Waals surface area (Å²) in [6.45, 7) is 0.457. The lowest BCUT2D eigenvalue weighted by Crippen LogP contribution is -2.40. The van der Waals surface area contributed by atoms with Crippen molar-refractivity contribution >= 4 is 46.8 Å². The Bertz CT molecular complexity index is 842. The molecular formula is C18H15Cl3N2O3. The van der Waals surface area contributed by atoms with Crippen molar-refractivity contribution in [3.05, 3.63) is 68.7 Å². The third kappa shape index (κ3) is 4.06. The van der Waals surface area contributed by atoms with Gasteiger partial charge in [0.05, 0.1) is 16.1 Å². The number of carboxylic acid groups (broad SMARTS) is 1. The fraction of sp³-hybridized carbons (Fsp3) is 0.222. The molecule has 26 heavy (non-hydrogen) atoms. The van der Waals surface area contributed by atoms with Gasteiger partial charge in [0.25, 0.3) is 5.91 Å². The Kier molecular flexibility index (Phi) is 5.61. The molecule has 2 amide bonds. The lowest BCUT2D eigenvalue weighted by Gasteiger charge is -2.20. The Morgan fingerprint density at radius 3 is 2.31 bits per heavy atom. The number of carbonyl (C=O) groups excluding carboxylic acids is 1. The molecule has 2 atom stereocenters. The van der Waals surface area contributed by atoms with Crippen molar-refractivity contribution in [3.8, 4) is 0 Å². The van der Waals surface area contributed by atoms with Crippen LogP contribution in [0.3, 0.4) is 0 Å². The summed E-state index contributed by atoms with van der Waals surface area (Å²) in [4.78, 5) is 25.2. The number of nitrogens with zero attached hydrogens (tertiary/aromatic N) is 1. The summed E-state index contributed by atoms with van der Waals surface area (Å²) < 4.78 is 0. The molecular weight excluding hydrogens is 399 g/mol. The number of halogens is 3. The molecule has 2 N–H and O–H groups in total. The monoisotopic (exact) mass is 412 g/mol. The quantitative estimate of drug-likeness (QED) is 0.777.